The minimum atomic E-state index is 0.169. The average Bonchev–Trinajstić information content (AvgIpc) is 2.52. The molecule has 0 saturated carbocycles. The second kappa shape index (κ2) is 5.17. The molecule has 0 bridgehead atoms. The summed E-state index contributed by atoms with van der Waals surface area (Å²) in [6, 6.07) is 3.11. The van der Waals surface area contributed by atoms with Gasteiger partial charge >= 0.3 is 0 Å². The topological polar surface area (TPSA) is 69.9 Å². The van der Waals surface area contributed by atoms with E-state index in [1.807, 2.05) is 0 Å². The zero-order valence-corrected chi connectivity index (χ0v) is 12.8. The van der Waals surface area contributed by atoms with Gasteiger partial charge in [-0.2, -0.15) is 5.10 Å². The molecule has 0 unspecified atom stereocenters. The number of nitrogen functional groups attached to an aromatic ring is 1. The first-order valence-electron chi connectivity index (χ1n) is 5.12. The van der Waals surface area contributed by atoms with Gasteiger partial charge in [0.1, 0.15) is 16.5 Å². The number of benzene rings is 1. The van der Waals surface area contributed by atoms with Crippen LogP contribution in [0.15, 0.2) is 12.1 Å². The smallest absolute Gasteiger partial charge is 0.137 e. The van der Waals surface area contributed by atoms with Gasteiger partial charge in [-0.15, -0.1) is 0 Å². The van der Waals surface area contributed by atoms with E-state index in [1.54, 1.807) is 19.1 Å². The highest BCUT2D eigenvalue weighted by Gasteiger charge is 2.19. The fourth-order valence-corrected chi connectivity index (χ4v) is 2.99. The van der Waals surface area contributed by atoms with E-state index in [9.17, 15) is 0 Å². The summed E-state index contributed by atoms with van der Waals surface area (Å²) in [5.41, 5.74) is 13.2. The van der Waals surface area contributed by atoms with Crippen molar-refractivity contribution in [2.24, 2.45) is 5.73 Å². The molecule has 0 atom stereocenters. The highest BCUT2D eigenvalue weighted by atomic mass is 35.5. The summed E-state index contributed by atoms with van der Waals surface area (Å²) in [6.07, 6.45) is 0. The van der Waals surface area contributed by atoms with Gasteiger partial charge in [0.2, 0.25) is 0 Å². The minimum absolute atomic E-state index is 0.169. The fourth-order valence-electron chi connectivity index (χ4n) is 1.76. The van der Waals surface area contributed by atoms with Crippen LogP contribution in [-0.4, -0.2) is 14.8 Å². The molecule has 0 saturated heterocycles. The Morgan fingerprint density at radius 3 is 2.21 bits per heavy atom. The molecule has 2 aromatic rings. The van der Waals surface area contributed by atoms with Crippen LogP contribution in [0.25, 0.3) is 5.69 Å². The fraction of sp³-hybridized carbons (Fsp3) is 0.0909. The number of halogens is 3. The predicted octanol–water partition coefficient (Wildman–Crippen LogP) is 3.36. The number of rotatable bonds is 2. The molecule has 4 nitrogen and oxygen atoms in total. The van der Waals surface area contributed by atoms with Crippen LogP contribution in [0.1, 0.15) is 11.3 Å². The van der Waals surface area contributed by atoms with Gasteiger partial charge in [0.15, 0.2) is 0 Å². The highest BCUT2D eigenvalue weighted by molar-refractivity contribution is 7.80. The summed E-state index contributed by atoms with van der Waals surface area (Å²) in [5, 5.41) is 5.36. The first-order valence-corrected chi connectivity index (χ1v) is 6.67. The molecule has 0 amide bonds. The number of thiocarbonyl (C=S) groups is 1. The Balaban J connectivity index is 2.74. The van der Waals surface area contributed by atoms with E-state index in [0.717, 1.165) is 0 Å². The van der Waals surface area contributed by atoms with Gasteiger partial charge in [0.05, 0.1) is 21.3 Å². The lowest BCUT2D eigenvalue weighted by Gasteiger charge is -2.09. The Kier molecular flexibility index (Phi) is 3.92. The number of aromatic nitrogens is 2. The van der Waals surface area contributed by atoms with Crippen molar-refractivity contribution in [2.45, 2.75) is 6.92 Å². The van der Waals surface area contributed by atoms with Crippen molar-refractivity contribution in [3.05, 3.63) is 38.5 Å². The van der Waals surface area contributed by atoms with E-state index in [0.29, 0.717) is 32.0 Å². The lowest BCUT2D eigenvalue weighted by Crippen LogP contribution is -2.13. The monoisotopic (exact) mass is 334 g/mol. The Bertz CT molecular complexity index is 658. The Morgan fingerprint density at radius 1 is 1.26 bits per heavy atom. The summed E-state index contributed by atoms with van der Waals surface area (Å²) in [5.74, 6) is 0.288. The lowest BCUT2D eigenvalue weighted by atomic mass is 10.2. The Morgan fingerprint density at radius 2 is 1.79 bits per heavy atom. The number of aryl methyl sites for hydroxylation is 1. The second-order valence-corrected chi connectivity index (χ2v) is 5.53. The third-order valence-electron chi connectivity index (χ3n) is 2.54. The standard InChI is InChI=1S/C11H9Cl3N4S/c1-4-8(11(16)19)10(15)18(17-4)9-6(13)2-5(12)3-7(9)14/h2-3H,15H2,1H3,(H2,16,19). The van der Waals surface area contributed by atoms with E-state index < -0.39 is 0 Å². The maximum absolute atomic E-state index is 6.13. The van der Waals surface area contributed by atoms with Crippen molar-refractivity contribution >= 4 is 57.8 Å². The maximum Gasteiger partial charge on any atom is 0.137 e. The molecule has 100 valence electrons. The molecule has 1 heterocycles. The summed E-state index contributed by atoms with van der Waals surface area (Å²) in [6.45, 7) is 1.75. The highest BCUT2D eigenvalue weighted by Crippen LogP contribution is 2.34. The number of anilines is 1. The molecular weight excluding hydrogens is 327 g/mol. The van der Waals surface area contributed by atoms with Crippen molar-refractivity contribution in [3.8, 4) is 5.69 Å². The van der Waals surface area contributed by atoms with Crippen LogP contribution in [0.2, 0.25) is 15.1 Å². The zero-order chi connectivity index (χ0) is 14.3. The Hall–Kier alpha value is -1.01. The molecule has 0 spiro atoms. The number of hydrogen-bond acceptors (Lipinski definition) is 3. The van der Waals surface area contributed by atoms with Crippen LogP contribution in [0.3, 0.4) is 0 Å². The minimum Gasteiger partial charge on any atom is -0.389 e. The SMILES string of the molecule is Cc1nn(-c2c(Cl)cc(Cl)cc2Cl)c(N)c1C(N)=S. The number of nitrogens with zero attached hydrogens (tertiary/aromatic N) is 2. The van der Waals surface area contributed by atoms with Crippen molar-refractivity contribution in [2.75, 3.05) is 5.73 Å². The van der Waals surface area contributed by atoms with Gasteiger partial charge < -0.3 is 11.5 Å². The van der Waals surface area contributed by atoms with Crippen LogP contribution >= 0.6 is 47.0 Å². The molecule has 2 rings (SSSR count). The molecule has 19 heavy (non-hydrogen) atoms. The summed E-state index contributed by atoms with van der Waals surface area (Å²) >= 11 is 23.1. The third-order valence-corrected chi connectivity index (χ3v) is 3.53. The maximum atomic E-state index is 6.13. The predicted molar refractivity (Wildman–Crippen MR) is 83.6 cm³/mol. The molecule has 1 aromatic carbocycles. The van der Waals surface area contributed by atoms with E-state index in [-0.39, 0.29) is 10.8 Å². The van der Waals surface area contributed by atoms with Crippen molar-refractivity contribution in [1.29, 1.82) is 0 Å². The van der Waals surface area contributed by atoms with Gasteiger partial charge in [0, 0.05) is 5.02 Å². The van der Waals surface area contributed by atoms with Gasteiger partial charge in [-0.25, -0.2) is 4.68 Å². The largest absolute Gasteiger partial charge is 0.389 e. The van der Waals surface area contributed by atoms with Gasteiger partial charge in [-0.1, -0.05) is 47.0 Å². The van der Waals surface area contributed by atoms with Crippen LogP contribution in [-0.2, 0) is 0 Å². The molecule has 0 fully saturated rings. The van der Waals surface area contributed by atoms with Crippen LogP contribution in [0.4, 0.5) is 5.82 Å². The van der Waals surface area contributed by atoms with Crippen molar-refractivity contribution in [1.82, 2.24) is 9.78 Å². The van der Waals surface area contributed by atoms with Gasteiger partial charge in [-0.3, -0.25) is 0 Å². The molecule has 1 aromatic heterocycles. The summed E-state index contributed by atoms with van der Waals surface area (Å²) in [7, 11) is 0. The molecule has 8 heteroatoms. The van der Waals surface area contributed by atoms with E-state index in [1.165, 1.54) is 4.68 Å². The van der Waals surface area contributed by atoms with Crippen LogP contribution in [0.5, 0.6) is 0 Å². The second-order valence-electron chi connectivity index (χ2n) is 3.84. The summed E-state index contributed by atoms with van der Waals surface area (Å²) in [4.78, 5) is 0.169. The van der Waals surface area contributed by atoms with E-state index in [2.05, 4.69) is 5.10 Å². The molecule has 0 aliphatic heterocycles. The van der Waals surface area contributed by atoms with Gasteiger partial charge in [-0.05, 0) is 19.1 Å². The molecule has 4 N–H and O–H groups in total. The van der Waals surface area contributed by atoms with Gasteiger partial charge in [0.25, 0.3) is 0 Å². The van der Waals surface area contributed by atoms with Crippen molar-refractivity contribution < 1.29 is 0 Å². The first kappa shape index (κ1) is 14.4. The average molecular weight is 336 g/mol. The quantitative estimate of drug-likeness (QED) is 0.826. The van der Waals surface area contributed by atoms with Crippen LogP contribution < -0.4 is 11.5 Å². The zero-order valence-electron chi connectivity index (χ0n) is 9.75. The third kappa shape index (κ3) is 2.51. The molecule has 0 aliphatic carbocycles. The number of hydrogen-bond donors (Lipinski definition) is 2. The molecular formula is C11H9Cl3N4S. The summed E-state index contributed by atoms with van der Waals surface area (Å²) < 4.78 is 1.41. The van der Waals surface area contributed by atoms with Crippen molar-refractivity contribution in [3.63, 3.8) is 0 Å². The Labute approximate surface area is 130 Å². The van der Waals surface area contributed by atoms with E-state index >= 15 is 0 Å². The molecule has 0 aliphatic rings. The first-order chi connectivity index (χ1) is 8.82. The lowest BCUT2D eigenvalue weighted by molar-refractivity contribution is 0.872. The number of nitrogens with two attached hydrogens (primary N) is 2. The normalized spacial score (nSPS) is 10.7. The molecule has 0 radical (unpaired) electrons. The van der Waals surface area contributed by atoms with Crippen LogP contribution in [0, 0.1) is 6.92 Å². The van der Waals surface area contributed by atoms with E-state index in [4.69, 9.17) is 58.5 Å².